The molecule has 1 amide bonds. The standard InChI is InChI=1S/C24H23ClFN3O.C18H18FN3.C18H19FN2O2.C17H17FN2O.C9H10NO2S.C6H6ClN.ClH/c25-17-1-4-19(5-2-17)28-23(30)16-14-24(15-16)8-11-29(12-9-24)22-7-10-27-21-6-3-18(26)13-20(21)22;19-14-1-2-16-15(9-14)17(3-6-21-16)22-7-4-18(5-8-22)10-13(11-18)12-20;19-13-1-2-15-14(9-13)16(3-6-20-15)21-7-4-18(5-8-21)10-12(11-18)17(22)23;18-12-1-2-15-14(9-12)16(3-6-19-15)20-7-4-17(5-8-20)10-13(21)11-17;1-8-3-5-9(6-4-8)13(11,12)7-10-2;7-5-1-3-6(8)4-2-5;/h1-7,10,13,16H,8-9,11-12,14-15H2,(H,28,30);1-3,6,9,13H,4-5,7-8,10-11H2;1-3,6,9,12H,4-5,7-8,10-11H2,(H,22,23);1-3,6,9H,4-5,7-8,10-11H2;2-6H,7H2,1H3;1-4H,8H2;1H/q;;;;+1;;. The number of carbonyl (C=O) groups excluding carboxylic acids is 2. The number of anilines is 6. The van der Waals surface area contributed by atoms with E-state index in [9.17, 15) is 40.4 Å². The highest BCUT2D eigenvalue weighted by atomic mass is 35.5. The first kappa shape index (κ1) is 85.2. The number of rotatable bonds is 9. The number of sulfone groups is 1. The molecule has 8 aliphatic rings. The van der Waals surface area contributed by atoms with E-state index >= 15 is 0 Å². The van der Waals surface area contributed by atoms with Crippen molar-refractivity contribution >= 4 is 141 Å². The Morgan fingerprint density at radius 3 is 1.17 bits per heavy atom. The Labute approximate surface area is 700 Å². The maximum Gasteiger partial charge on any atom is 0.364 e. The van der Waals surface area contributed by atoms with Gasteiger partial charge in [-0.05, 0) is 276 Å². The summed E-state index contributed by atoms with van der Waals surface area (Å²) in [5.41, 5.74) is 16.5. The predicted octanol–water partition coefficient (Wildman–Crippen LogP) is 20.4. The SMILES string of the molecule is C#[N+]CS(=O)(=O)c1ccc(C)cc1.Cl.N#CC1CC2(CCN(c3ccnc4ccc(F)cc34)CC2)C1.Nc1ccc(Cl)cc1.O=C(Nc1ccc(Cl)cc1)C1CC2(CCN(c3ccnc4ccc(F)cc34)CC2)C1.O=C(O)C1CC2(CCN(c3ccnc4ccc(F)cc34)CC2)C1.O=C1CC2(CCN(c3ccnc4ccc(F)cc34)CC2)C1. The third-order valence-corrected chi connectivity index (χ3v) is 27.1. The molecule has 4 saturated heterocycles. The van der Waals surface area contributed by atoms with Crippen LogP contribution >= 0.6 is 35.6 Å². The lowest BCUT2D eigenvalue weighted by molar-refractivity contribution is -0.151. The lowest BCUT2D eigenvalue weighted by Gasteiger charge is -2.52. The van der Waals surface area contributed by atoms with Gasteiger partial charge in [-0.15, -0.1) is 12.4 Å². The van der Waals surface area contributed by atoms with Gasteiger partial charge in [0.2, 0.25) is 5.91 Å². The van der Waals surface area contributed by atoms with Gasteiger partial charge in [-0.1, -0.05) is 45.7 Å². The van der Waals surface area contributed by atoms with Gasteiger partial charge in [0, 0.05) is 168 Å². The van der Waals surface area contributed by atoms with Crippen LogP contribution in [0.2, 0.25) is 10.0 Å². The molecule has 0 atom stereocenters. The summed E-state index contributed by atoms with van der Waals surface area (Å²) in [6.45, 7) is 14.2. The van der Waals surface area contributed by atoms with Crippen LogP contribution in [0.5, 0.6) is 0 Å². The molecule has 4 N–H and O–H groups in total. The quantitative estimate of drug-likeness (QED) is 0.0900. The Balaban J connectivity index is 0.000000127. The number of hydrogen-bond donors (Lipinski definition) is 3. The van der Waals surface area contributed by atoms with Gasteiger partial charge in [0.1, 0.15) is 29.1 Å². The third-order valence-electron chi connectivity index (χ3n) is 25.1. The first-order valence-corrected chi connectivity index (χ1v) is 42.2. The number of ketones is 1. The fourth-order valence-electron chi connectivity index (χ4n) is 18.3. The fourth-order valence-corrected chi connectivity index (χ4v) is 19.5. The molecule has 4 saturated carbocycles. The van der Waals surface area contributed by atoms with Gasteiger partial charge in [0.25, 0.3) is 16.4 Å². The maximum atomic E-state index is 13.8. The number of pyridine rings is 4. The molecule has 4 aliphatic heterocycles. The van der Waals surface area contributed by atoms with Crippen LogP contribution in [-0.2, 0) is 24.2 Å². The van der Waals surface area contributed by atoms with Gasteiger partial charge in [-0.3, -0.25) is 34.3 Å². The molecule has 8 heterocycles. The van der Waals surface area contributed by atoms with Crippen LogP contribution in [0.25, 0.3) is 48.5 Å². The number of piperidine rings is 4. The molecule has 4 aromatic heterocycles. The summed E-state index contributed by atoms with van der Waals surface area (Å²) < 4.78 is 77.2. The van der Waals surface area contributed by atoms with E-state index in [0.29, 0.717) is 16.2 Å². The molecule has 7 aromatic carbocycles. The monoisotopic (exact) mass is 1680 g/mol. The minimum Gasteiger partial charge on any atom is -0.481 e. The lowest BCUT2D eigenvalue weighted by atomic mass is 9.57. The molecule has 0 radical (unpaired) electrons. The molecule has 8 fully saturated rings. The molecule has 18 nitrogen and oxygen atoms in total. The number of Topliss-reactive ketones (excluding diaryl/α,β-unsaturated/α-hetero) is 1. The Bertz CT molecular complexity index is 5620. The number of carboxylic acid groups (broad SMARTS) is 1. The number of aryl methyl sites for hydroxylation is 1. The highest BCUT2D eigenvalue weighted by Crippen LogP contribution is 2.56. The van der Waals surface area contributed by atoms with E-state index in [1.165, 1.54) is 24.3 Å². The van der Waals surface area contributed by atoms with Crippen LogP contribution < -0.4 is 30.7 Å². The van der Waals surface area contributed by atoms with Crippen molar-refractivity contribution in [2.24, 2.45) is 39.4 Å². The zero-order valence-corrected chi connectivity index (χ0v) is 68.7. The minimum atomic E-state index is -3.32. The summed E-state index contributed by atoms with van der Waals surface area (Å²) in [7, 11) is -3.32. The summed E-state index contributed by atoms with van der Waals surface area (Å²) in [5, 5.41) is 25.9. The number of hydrogen-bond acceptors (Lipinski definition) is 15. The Morgan fingerprint density at radius 2 is 0.847 bits per heavy atom. The fraction of sp³-hybridized carbons (Fsp3) is 0.359. The minimum absolute atomic E-state index is 0. The van der Waals surface area contributed by atoms with Crippen LogP contribution in [-0.4, -0.2) is 109 Å². The molecule has 612 valence electrons. The summed E-state index contributed by atoms with van der Waals surface area (Å²) in [5.74, 6) is -1.27. The van der Waals surface area contributed by atoms with Crippen LogP contribution in [0.1, 0.15) is 108 Å². The molecular weight excluding hydrogens is 1580 g/mol. The van der Waals surface area contributed by atoms with Crippen molar-refractivity contribution in [2.75, 3.05) is 88.9 Å². The molecule has 19 rings (SSSR count). The molecule has 11 aromatic rings. The van der Waals surface area contributed by atoms with Crippen molar-refractivity contribution in [1.29, 1.82) is 5.26 Å². The number of halogens is 7. The molecule has 4 aliphatic carbocycles. The van der Waals surface area contributed by atoms with E-state index in [0.717, 1.165) is 243 Å². The van der Waals surface area contributed by atoms with Crippen LogP contribution in [0, 0.1) is 87.5 Å². The first-order valence-electron chi connectivity index (χ1n) is 39.8. The third kappa shape index (κ3) is 20.0. The van der Waals surface area contributed by atoms with Crippen molar-refractivity contribution in [2.45, 2.75) is 115 Å². The second-order valence-electron chi connectivity index (χ2n) is 32.9. The van der Waals surface area contributed by atoms with Gasteiger partial charge >= 0.3 is 11.8 Å². The van der Waals surface area contributed by atoms with E-state index < -0.39 is 15.8 Å². The summed E-state index contributed by atoms with van der Waals surface area (Å²) in [6, 6.07) is 50.1. The Hall–Kier alpha value is -10.7. The number of carboxylic acids is 1. The number of aliphatic carboxylic acids is 1. The number of fused-ring (bicyclic) bond motifs is 4. The molecule has 0 unspecified atom stereocenters. The van der Waals surface area contributed by atoms with Gasteiger partial charge < -0.3 is 35.8 Å². The van der Waals surface area contributed by atoms with Gasteiger partial charge in [-0.2, -0.15) is 5.26 Å². The highest BCUT2D eigenvalue weighted by Gasteiger charge is 2.51. The van der Waals surface area contributed by atoms with Gasteiger partial charge in [-0.25, -0.2) is 26.0 Å². The number of carbonyl (C=O) groups is 3. The number of amides is 1. The second-order valence-corrected chi connectivity index (χ2v) is 35.7. The van der Waals surface area contributed by atoms with Crippen molar-refractivity contribution in [3.05, 3.63) is 238 Å². The van der Waals surface area contributed by atoms with E-state index in [1.807, 2.05) is 43.3 Å². The number of nitrogen functional groups attached to an aromatic ring is 1. The number of benzene rings is 7. The summed E-state index contributed by atoms with van der Waals surface area (Å²) in [6.07, 6.45) is 22.8. The van der Waals surface area contributed by atoms with E-state index in [2.05, 4.69) is 55.8 Å². The van der Waals surface area contributed by atoms with Gasteiger partial charge in [0.05, 0.1) is 38.9 Å². The highest BCUT2D eigenvalue weighted by molar-refractivity contribution is 7.91. The first-order chi connectivity index (χ1) is 56.3. The molecule has 118 heavy (non-hydrogen) atoms. The van der Waals surface area contributed by atoms with E-state index in [1.54, 1.807) is 134 Å². The second kappa shape index (κ2) is 36.7. The Morgan fingerprint density at radius 1 is 0.517 bits per heavy atom. The van der Waals surface area contributed by atoms with Crippen molar-refractivity contribution < 1.29 is 45.5 Å². The molecular formula is C92H94Cl3F4N12O6S+. The lowest BCUT2D eigenvalue weighted by Crippen LogP contribution is -2.50. The average molecular weight is 1680 g/mol. The molecule has 26 heteroatoms. The van der Waals surface area contributed by atoms with Crippen molar-refractivity contribution in [3.63, 3.8) is 0 Å². The Kier molecular flexibility index (Phi) is 26.5. The zero-order valence-electron chi connectivity index (χ0n) is 65.6. The maximum absolute atomic E-state index is 13.8. The van der Waals surface area contributed by atoms with Gasteiger partial charge in [0.15, 0.2) is 0 Å². The van der Waals surface area contributed by atoms with E-state index in [4.69, 9.17) is 45.9 Å². The van der Waals surface area contributed by atoms with Crippen molar-refractivity contribution in [1.82, 2.24) is 19.9 Å². The summed E-state index contributed by atoms with van der Waals surface area (Å²) in [4.78, 5) is 64.8. The van der Waals surface area contributed by atoms with Crippen LogP contribution in [0.4, 0.5) is 51.7 Å². The number of nitrogens with zero attached hydrogens (tertiary/aromatic N) is 10. The predicted molar refractivity (Wildman–Crippen MR) is 463 cm³/mol. The number of nitrogens with two attached hydrogens (primary N) is 1. The largest absolute Gasteiger partial charge is 0.481 e. The van der Waals surface area contributed by atoms with E-state index in [-0.39, 0.29) is 86.4 Å². The van der Waals surface area contributed by atoms with Crippen LogP contribution in [0.3, 0.4) is 0 Å². The average Bonchev–Trinajstić information content (AvgIpc) is 0.729. The summed E-state index contributed by atoms with van der Waals surface area (Å²) >= 11 is 11.5. The topological polar surface area (TPSA) is 236 Å². The number of aromatic nitrogens is 4. The smallest absolute Gasteiger partial charge is 0.364 e. The number of nitrogens with one attached hydrogen (secondary N) is 1. The molecule has 0 bridgehead atoms. The van der Waals surface area contributed by atoms with Crippen molar-refractivity contribution in [3.8, 4) is 12.6 Å². The number of nitriles is 1. The van der Waals surface area contributed by atoms with Crippen LogP contribution in [0.15, 0.2) is 200 Å². The molecule has 4 spiro atoms. The zero-order chi connectivity index (χ0) is 82.2. The normalized spacial score (nSPS) is 19.0.